The molecular formula is C32H44O11. The van der Waals surface area contributed by atoms with Crippen molar-refractivity contribution in [1.82, 2.24) is 0 Å². The summed E-state index contributed by atoms with van der Waals surface area (Å²) in [7, 11) is 0. The number of epoxide rings is 1. The van der Waals surface area contributed by atoms with Crippen LogP contribution in [0.5, 0.6) is 0 Å². The van der Waals surface area contributed by atoms with Crippen molar-refractivity contribution >= 4 is 5.97 Å². The number of aliphatic hydroxyl groups is 4. The molecule has 4 N–H and O–H groups in total. The van der Waals surface area contributed by atoms with Crippen LogP contribution in [-0.2, 0) is 23.7 Å². The molecule has 2 saturated heterocycles. The standard InChI is InChI=1S/C32H44O11/c1-15(34)40-27-23(16-4-7-22(35)39-14-16)31(3)11-9-19-20(32(31)28(27)43-32)6-5-17-12-18(8-10-30(17,19)2)41-29-26(38)25(37)24(36)21(13-33)42-29/h4,7,14,17-21,23-29,33,36-38H,5-6,8-13H2,1-3H3/t17-,18-,19+,20-,21+,23-,24-,25-,26+,27+,28+,29+,30-,31+,32+/m0/s1. The van der Waals surface area contributed by atoms with E-state index in [9.17, 15) is 30.0 Å². The van der Waals surface area contributed by atoms with Crippen LogP contribution in [-0.4, -0.2) is 87.6 Å². The zero-order valence-corrected chi connectivity index (χ0v) is 25.0. The molecule has 4 saturated carbocycles. The van der Waals surface area contributed by atoms with Crippen LogP contribution in [0.4, 0.5) is 0 Å². The Kier molecular flexibility index (Phi) is 7.17. The minimum Gasteiger partial charge on any atom is -0.459 e. The van der Waals surface area contributed by atoms with E-state index in [2.05, 4.69) is 13.8 Å². The Labute approximate surface area is 250 Å². The maximum absolute atomic E-state index is 12.3. The van der Waals surface area contributed by atoms with Crippen LogP contribution in [0.1, 0.15) is 77.2 Å². The van der Waals surface area contributed by atoms with Gasteiger partial charge in [-0.3, -0.25) is 4.79 Å². The van der Waals surface area contributed by atoms with Gasteiger partial charge in [-0.05, 0) is 79.7 Å². The van der Waals surface area contributed by atoms with Crippen LogP contribution in [0.15, 0.2) is 27.6 Å². The summed E-state index contributed by atoms with van der Waals surface area (Å²) < 4.78 is 29.8. The molecule has 1 aromatic rings. The van der Waals surface area contributed by atoms with Gasteiger partial charge in [0, 0.05) is 24.3 Å². The van der Waals surface area contributed by atoms with Gasteiger partial charge >= 0.3 is 11.6 Å². The third-order valence-corrected chi connectivity index (χ3v) is 12.6. The average molecular weight is 605 g/mol. The van der Waals surface area contributed by atoms with Gasteiger partial charge in [0.15, 0.2) is 6.29 Å². The van der Waals surface area contributed by atoms with Crippen LogP contribution in [0, 0.1) is 28.6 Å². The van der Waals surface area contributed by atoms with E-state index < -0.39 is 54.6 Å². The number of hydrogen-bond donors (Lipinski definition) is 4. The summed E-state index contributed by atoms with van der Waals surface area (Å²) >= 11 is 0. The molecule has 15 atom stereocenters. The van der Waals surface area contributed by atoms with Crippen molar-refractivity contribution in [3.63, 3.8) is 0 Å². The fourth-order valence-corrected chi connectivity index (χ4v) is 10.6. The Bertz CT molecular complexity index is 1280. The molecule has 0 unspecified atom stereocenters. The maximum Gasteiger partial charge on any atom is 0.335 e. The first-order chi connectivity index (χ1) is 20.4. The molecule has 7 rings (SSSR count). The molecule has 4 aliphatic carbocycles. The van der Waals surface area contributed by atoms with Crippen LogP contribution in [0.3, 0.4) is 0 Å². The van der Waals surface area contributed by atoms with Gasteiger partial charge in [0.25, 0.3) is 0 Å². The first kappa shape index (κ1) is 29.8. The summed E-state index contributed by atoms with van der Waals surface area (Å²) in [5.74, 6) is 0.640. The second kappa shape index (κ2) is 10.3. The van der Waals surface area contributed by atoms with E-state index in [0.29, 0.717) is 17.8 Å². The molecule has 1 aromatic heterocycles. The normalized spacial score (nSPS) is 51.9. The van der Waals surface area contributed by atoms with Gasteiger partial charge in [-0.15, -0.1) is 0 Å². The number of carbonyl (C=O) groups excluding carboxylic acids is 1. The molecule has 0 amide bonds. The molecule has 238 valence electrons. The zero-order valence-electron chi connectivity index (χ0n) is 25.0. The molecule has 11 nitrogen and oxygen atoms in total. The van der Waals surface area contributed by atoms with Gasteiger partial charge in [-0.1, -0.05) is 13.8 Å². The van der Waals surface area contributed by atoms with Crippen molar-refractivity contribution in [3.05, 3.63) is 34.4 Å². The average Bonchev–Trinajstić information content (AvgIpc) is 3.68. The highest BCUT2D eigenvalue weighted by Crippen LogP contribution is 2.78. The Hall–Kier alpha value is -1.86. The van der Waals surface area contributed by atoms with Gasteiger partial charge in [0.05, 0.1) is 19.0 Å². The lowest BCUT2D eigenvalue weighted by Crippen LogP contribution is -2.60. The summed E-state index contributed by atoms with van der Waals surface area (Å²) in [6, 6.07) is 3.24. The molecule has 43 heavy (non-hydrogen) atoms. The highest BCUT2D eigenvalue weighted by atomic mass is 16.7. The Morgan fingerprint density at radius 1 is 1.02 bits per heavy atom. The largest absolute Gasteiger partial charge is 0.459 e. The van der Waals surface area contributed by atoms with E-state index in [1.165, 1.54) is 19.3 Å². The monoisotopic (exact) mass is 604 g/mol. The Balaban J connectivity index is 1.11. The van der Waals surface area contributed by atoms with Gasteiger partial charge in [-0.2, -0.15) is 0 Å². The number of ether oxygens (including phenoxy) is 4. The summed E-state index contributed by atoms with van der Waals surface area (Å²) in [4.78, 5) is 24.0. The number of fused-ring (bicyclic) bond motifs is 3. The van der Waals surface area contributed by atoms with Crippen molar-refractivity contribution < 1.29 is 48.6 Å². The molecule has 6 fully saturated rings. The van der Waals surface area contributed by atoms with E-state index >= 15 is 0 Å². The molecule has 2 aliphatic heterocycles. The highest BCUT2D eigenvalue weighted by Gasteiger charge is 2.84. The summed E-state index contributed by atoms with van der Waals surface area (Å²) in [6.45, 7) is 5.61. The number of esters is 1. The topological polar surface area (TPSA) is 168 Å². The van der Waals surface area contributed by atoms with E-state index in [1.807, 2.05) is 0 Å². The van der Waals surface area contributed by atoms with E-state index in [4.69, 9.17) is 23.4 Å². The first-order valence-electron chi connectivity index (χ1n) is 15.8. The van der Waals surface area contributed by atoms with Gasteiger partial charge in [-0.25, -0.2) is 4.79 Å². The zero-order chi connectivity index (χ0) is 30.5. The van der Waals surface area contributed by atoms with E-state index in [-0.39, 0.29) is 34.9 Å². The minimum absolute atomic E-state index is 0.0549. The Morgan fingerprint density at radius 2 is 1.81 bits per heavy atom. The smallest absolute Gasteiger partial charge is 0.335 e. The second-order valence-electron chi connectivity index (χ2n) is 14.5. The van der Waals surface area contributed by atoms with Crippen molar-refractivity contribution in [1.29, 1.82) is 0 Å². The lowest BCUT2D eigenvalue weighted by molar-refractivity contribution is -0.316. The van der Waals surface area contributed by atoms with E-state index in [1.54, 1.807) is 6.07 Å². The van der Waals surface area contributed by atoms with Crippen LogP contribution in [0.25, 0.3) is 0 Å². The summed E-state index contributed by atoms with van der Waals surface area (Å²) in [5.41, 5.74) is -0.180. The SMILES string of the molecule is CC(=O)O[C@H]1[C@H]2O[C@]23[C@H]2CC[C@H]4C[C@@H](O[C@@H]5O[C@H](CO)[C@H](O)[C@H](O)[C@H]5O)CC[C@]4(C)[C@@H]2CC[C@]3(C)[C@H]1c1ccc(=O)oc1. The van der Waals surface area contributed by atoms with Gasteiger partial charge in [0.2, 0.25) is 0 Å². The van der Waals surface area contributed by atoms with Crippen LogP contribution >= 0.6 is 0 Å². The van der Waals surface area contributed by atoms with Crippen LogP contribution in [0.2, 0.25) is 0 Å². The van der Waals surface area contributed by atoms with Crippen molar-refractivity contribution in [2.24, 2.45) is 28.6 Å². The maximum atomic E-state index is 12.3. The second-order valence-corrected chi connectivity index (χ2v) is 14.5. The lowest BCUT2D eigenvalue weighted by Gasteiger charge is -2.61. The molecule has 11 heteroatoms. The number of aliphatic hydroxyl groups excluding tert-OH is 4. The number of carbonyl (C=O) groups is 1. The summed E-state index contributed by atoms with van der Waals surface area (Å²) in [5, 5.41) is 40.4. The fourth-order valence-electron chi connectivity index (χ4n) is 10.6. The van der Waals surface area contributed by atoms with Crippen molar-refractivity contribution in [3.8, 4) is 0 Å². The minimum atomic E-state index is -1.46. The van der Waals surface area contributed by atoms with Gasteiger partial charge in [0.1, 0.15) is 42.2 Å². The molecular weight excluding hydrogens is 560 g/mol. The van der Waals surface area contributed by atoms with Crippen molar-refractivity contribution in [2.75, 3.05) is 6.61 Å². The third-order valence-electron chi connectivity index (χ3n) is 12.6. The third kappa shape index (κ3) is 4.26. The molecule has 0 aromatic carbocycles. The van der Waals surface area contributed by atoms with Crippen LogP contribution < -0.4 is 5.63 Å². The predicted octanol–water partition coefficient (Wildman–Crippen LogP) is 1.62. The number of rotatable bonds is 5. The highest BCUT2D eigenvalue weighted by molar-refractivity contribution is 5.66. The Morgan fingerprint density at radius 3 is 2.51 bits per heavy atom. The van der Waals surface area contributed by atoms with Gasteiger partial charge < -0.3 is 43.8 Å². The van der Waals surface area contributed by atoms with E-state index in [0.717, 1.165) is 50.5 Å². The summed E-state index contributed by atoms with van der Waals surface area (Å²) in [6.07, 6.45) is 0.703. The molecule has 0 bridgehead atoms. The number of hydrogen-bond acceptors (Lipinski definition) is 11. The molecule has 3 heterocycles. The fraction of sp³-hybridized carbons (Fsp3) is 0.812. The predicted molar refractivity (Wildman–Crippen MR) is 149 cm³/mol. The molecule has 0 radical (unpaired) electrons. The molecule has 1 spiro atoms. The van der Waals surface area contributed by atoms with Crippen molar-refractivity contribution in [2.45, 2.75) is 126 Å². The first-order valence-corrected chi connectivity index (χ1v) is 15.8. The lowest BCUT2D eigenvalue weighted by atomic mass is 9.44. The quantitative estimate of drug-likeness (QED) is 0.219. The molecule has 6 aliphatic rings.